The summed E-state index contributed by atoms with van der Waals surface area (Å²) in [5.41, 5.74) is 3.67. The van der Waals surface area contributed by atoms with Crippen molar-refractivity contribution in [3.63, 3.8) is 0 Å². The van der Waals surface area contributed by atoms with E-state index < -0.39 is 17.8 Å². The molecular weight excluding hydrogens is 490 g/mol. The molecule has 0 saturated heterocycles. The van der Waals surface area contributed by atoms with Crippen LogP contribution in [-0.2, 0) is 9.59 Å². The summed E-state index contributed by atoms with van der Waals surface area (Å²) in [6.07, 6.45) is 1.36. The Morgan fingerprint density at radius 2 is 1.52 bits per heavy atom. The number of rotatable bonds is 7. The first kappa shape index (κ1) is 23.7. The summed E-state index contributed by atoms with van der Waals surface area (Å²) in [6.45, 7) is 2.43. The third-order valence-corrected chi connectivity index (χ3v) is 4.71. The minimum atomic E-state index is -0.907. The Labute approximate surface area is 198 Å². The maximum Gasteiger partial charge on any atom is 0.343 e. The average Bonchev–Trinajstić information content (AvgIpc) is 2.82. The second-order valence-corrected chi connectivity index (χ2v) is 7.49. The van der Waals surface area contributed by atoms with Crippen LogP contribution in [0, 0.1) is 0 Å². The molecule has 3 aromatic carbocycles. The summed E-state index contributed by atoms with van der Waals surface area (Å²) in [6, 6.07) is 19.9. The van der Waals surface area contributed by atoms with E-state index in [0.29, 0.717) is 34.9 Å². The Morgan fingerprint density at radius 1 is 0.879 bits per heavy atom. The van der Waals surface area contributed by atoms with E-state index in [1.807, 2.05) is 6.92 Å². The number of hydrogen-bond acceptors (Lipinski definition) is 6. The highest BCUT2D eigenvalue weighted by Crippen LogP contribution is 2.17. The van der Waals surface area contributed by atoms with E-state index in [0.717, 1.165) is 4.47 Å². The van der Waals surface area contributed by atoms with Crippen molar-refractivity contribution in [1.82, 2.24) is 5.43 Å². The Hall–Kier alpha value is -3.98. The third-order valence-electron chi connectivity index (χ3n) is 4.18. The van der Waals surface area contributed by atoms with Crippen LogP contribution in [0.3, 0.4) is 0 Å². The molecule has 168 valence electrons. The zero-order chi connectivity index (χ0) is 23.6. The van der Waals surface area contributed by atoms with Crippen LogP contribution in [0.4, 0.5) is 5.69 Å². The lowest BCUT2D eigenvalue weighted by atomic mass is 10.2. The van der Waals surface area contributed by atoms with Crippen molar-refractivity contribution in [2.45, 2.75) is 6.92 Å². The molecule has 2 amide bonds. The number of ether oxygens (including phenoxy) is 2. The van der Waals surface area contributed by atoms with Gasteiger partial charge >= 0.3 is 17.8 Å². The molecule has 0 atom stereocenters. The summed E-state index contributed by atoms with van der Waals surface area (Å²) >= 11 is 3.29. The fourth-order valence-electron chi connectivity index (χ4n) is 2.58. The molecule has 0 bridgehead atoms. The number of nitrogens with zero attached hydrogens (tertiary/aromatic N) is 1. The Balaban J connectivity index is 1.49. The average molecular weight is 510 g/mol. The summed E-state index contributed by atoms with van der Waals surface area (Å²) in [7, 11) is 0. The van der Waals surface area contributed by atoms with Gasteiger partial charge in [-0.3, -0.25) is 9.59 Å². The maximum absolute atomic E-state index is 12.2. The maximum atomic E-state index is 12.2. The van der Waals surface area contributed by atoms with Gasteiger partial charge in [-0.25, -0.2) is 10.2 Å². The molecule has 0 radical (unpaired) electrons. The molecular formula is C24H20BrN3O5. The summed E-state index contributed by atoms with van der Waals surface area (Å²) in [5, 5.41) is 6.23. The van der Waals surface area contributed by atoms with Crippen LogP contribution in [0.25, 0.3) is 0 Å². The van der Waals surface area contributed by atoms with Gasteiger partial charge in [0.05, 0.1) is 18.4 Å². The molecule has 3 rings (SSSR count). The van der Waals surface area contributed by atoms with E-state index in [2.05, 4.69) is 31.8 Å². The van der Waals surface area contributed by atoms with Crippen molar-refractivity contribution in [1.29, 1.82) is 0 Å². The van der Waals surface area contributed by atoms with Crippen LogP contribution >= 0.6 is 15.9 Å². The highest BCUT2D eigenvalue weighted by molar-refractivity contribution is 9.10. The molecule has 0 aliphatic carbocycles. The van der Waals surface area contributed by atoms with Gasteiger partial charge in [0, 0.05) is 10.2 Å². The van der Waals surface area contributed by atoms with Gasteiger partial charge in [0.15, 0.2) is 0 Å². The first-order chi connectivity index (χ1) is 15.9. The predicted octanol–water partition coefficient (Wildman–Crippen LogP) is 4.16. The quantitative estimate of drug-likeness (QED) is 0.163. The molecule has 0 aliphatic heterocycles. The van der Waals surface area contributed by atoms with Crippen LogP contribution in [0.2, 0.25) is 0 Å². The van der Waals surface area contributed by atoms with Gasteiger partial charge in [0.2, 0.25) is 0 Å². The molecule has 0 saturated carbocycles. The Bertz CT molecular complexity index is 1140. The molecule has 0 aromatic heterocycles. The number of esters is 1. The largest absolute Gasteiger partial charge is 0.494 e. The number of carbonyl (C=O) groups excluding carboxylic acids is 3. The van der Waals surface area contributed by atoms with Crippen molar-refractivity contribution < 1.29 is 23.9 Å². The lowest BCUT2D eigenvalue weighted by Crippen LogP contribution is -2.32. The lowest BCUT2D eigenvalue weighted by molar-refractivity contribution is -0.136. The summed E-state index contributed by atoms with van der Waals surface area (Å²) in [5.74, 6) is -1.22. The van der Waals surface area contributed by atoms with Gasteiger partial charge in [-0.1, -0.05) is 15.9 Å². The second-order valence-electron chi connectivity index (χ2n) is 6.58. The number of benzene rings is 3. The van der Waals surface area contributed by atoms with Crippen LogP contribution in [0.1, 0.15) is 22.8 Å². The van der Waals surface area contributed by atoms with Crippen LogP contribution < -0.4 is 20.2 Å². The van der Waals surface area contributed by atoms with E-state index in [-0.39, 0.29) is 0 Å². The second kappa shape index (κ2) is 11.6. The zero-order valence-electron chi connectivity index (χ0n) is 17.6. The zero-order valence-corrected chi connectivity index (χ0v) is 19.2. The third kappa shape index (κ3) is 7.29. The number of anilines is 1. The van der Waals surface area contributed by atoms with Crippen LogP contribution in [0.15, 0.2) is 82.4 Å². The molecule has 8 nitrogen and oxygen atoms in total. The van der Waals surface area contributed by atoms with Gasteiger partial charge in [-0.15, -0.1) is 0 Å². The first-order valence-corrected chi connectivity index (χ1v) is 10.7. The number of carbonyl (C=O) groups is 3. The Morgan fingerprint density at radius 3 is 2.15 bits per heavy atom. The van der Waals surface area contributed by atoms with Gasteiger partial charge in [0.1, 0.15) is 11.5 Å². The van der Waals surface area contributed by atoms with Crippen molar-refractivity contribution in [2.75, 3.05) is 11.9 Å². The monoisotopic (exact) mass is 509 g/mol. The molecule has 0 spiro atoms. The topological polar surface area (TPSA) is 106 Å². The van der Waals surface area contributed by atoms with Crippen LogP contribution in [0.5, 0.6) is 11.5 Å². The first-order valence-electron chi connectivity index (χ1n) is 9.89. The molecule has 33 heavy (non-hydrogen) atoms. The molecule has 3 aromatic rings. The number of nitrogens with one attached hydrogen (secondary N) is 2. The SMILES string of the molecule is CCOc1ccc(C(=O)Oc2ccc(/C=N\NC(=O)C(=O)Nc3ccc(Br)cc3)cc2)cc1. The lowest BCUT2D eigenvalue weighted by Gasteiger charge is -2.06. The van der Waals surface area contributed by atoms with Gasteiger partial charge in [0.25, 0.3) is 0 Å². The molecule has 2 N–H and O–H groups in total. The van der Waals surface area contributed by atoms with Gasteiger partial charge in [-0.05, 0) is 85.3 Å². The standard InChI is InChI=1S/C24H20BrN3O5/c1-2-32-20-13-5-17(6-14-20)24(31)33-21-11-3-16(4-12-21)15-26-28-23(30)22(29)27-19-9-7-18(25)8-10-19/h3-15H,2H2,1H3,(H,27,29)(H,28,30)/b26-15-. The van der Waals surface area contributed by atoms with E-state index in [4.69, 9.17) is 9.47 Å². The normalized spacial score (nSPS) is 10.5. The number of amides is 2. The number of hydrogen-bond donors (Lipinski definition) is 2. The summed E-state index contributed by atoms with van der Waals surface area (Å²) < 4.78 is 11.5. The fraction of sp³-hybridized carbons (Fsp3) is 0.0833. The highest BCUT2D eigenvalue weighted by atomic mass is 79.9. The van der Waals surface area contributed by atoms with Crippen molar-refractivity contribution in [2.24, 2.45) is 5.10 Å². The van der Waals surface area contributed by atoms with Crippen molar-refractivity contribution in [3.05, 3.63) is 88.4 Å². The molecule has 0 unspecified atom stereocenters. The molecule has 9 heteroatoms. The fourth-order valence-corrected chi connectivity index (χ4v) is 2.84. The van der Waals surface area contributed by atoms with E-state index in [1.54, 1.807) is 72.8 Å². The number of hydrazone groups is 1. The smallest absolute Gasteiger partial charge is 0.343 e. The molecule has 0 aliphatic rings. The summed E-state index contributed by atoms with van der Waals surface area (Å²) in [4.78, 5) is 36.0. The van der Waals surface area contributed by atoms with Gasteiger partial charge < -0.3 is 14.8 Å². The number of halogens is 1. The van der Waals surface area contributed by atoms with Crippen LogP contribution in [-0.4, -0.2) is 30.6 Å². The highest BCUT2D eigenvalue weighted by Gasteiger charge is 2.13. The minimum Gasteiger partial charge on any atom is -0.494 e. The molecule has 0 heterocycles. The molecule has 0 fully saturated rings. The Kier molecular flexibility index (Phi) is 8.31. The van der Waals surface area contributed by atoms with Crippen molar-refractivity contribution in [3.8, 4) is 11.5 Å². The predicted molar refractivity (Wildman–Crippen MR) is 128 cm³/mol. The minimum absolute atomic E-state index is 0.351. The van der Waals surface area contributed by atoms with Crippen molar-refractivity contribution >= 4 is 45.6 Å². The van der Waals surface area contributed by atoms with E-state index in [9.17, 15) is 14.4 Å². The van der Waals surface area contributed by atoms with E-state index >= 15 is 0 Å². The van der Waals surface area contributed by atoms with E-state index in [1.165, 1.54) is 6.21 Å². The van der Waals surface area contributed by atoms with Gasteiger partial charge in [-0.2, -0.15) is 5.10 Å².